The molecule has 392 valence electrons. The van der Waals surface area contributed by atoms with Gasteiger partial charge in [-0.3, -0.25) is 0 Å². The van der Waals surface area contributed by atoms with Crippen LogP contribution >= 0.6 is 0 Å². The average Bonchev–Trinajstić information content (AvgIpc) is 3.26. The molecule has 0 amide bonds. The lowest BCUT2D eigenvalue weighted by atomic mass is 9.35. The summed E-state index contributed by atoms with van der Waals surface area (Å²) in [5.41, 5.74) is 1.60. The Morgan fingerprint density at radius 2 is 0.815 bits per heavy atom. The monoisotopic (exact) mass is 913 g/mol. The Bertz CT molecular complexity index is 1070. The van der Waals surface area contributed by atoms with Crippen molar-refractivity contribution in [1.29, 1.82) is 0 Å². The summed E-state index contributed by atoms with van der Waals surface area (Å²) in [6.07, 6.45) is 47.8. The molecule has 0 aromatic rings. The molecular weight excluding hydrogens is 781 g/mol. The average molecular weight is 914 g/mol. The summed E-state index contributed by atoms with van der Waals surface area (Å²) >= 11 is 0. The van der Waals surface area contributed by atoms with Crippen molar-refractivity contribution in [2.45, 2.75) is 350 Å². The highest BCUT2D eigenvalue weighted by Gasteiger charge is 2.66. The lowest BCUT2D eigenvalue weighted by molar-refractivity contribution is -0.208. The van der Waals surface area contributed by atoms with Gasteiger partial charge in [0.05, 0.1) is 0 Å². The van der Waals surface area contributed by atoms with Crippen LogP contribution in [0.3, 0.4) is 0 Å². The van der Waals surface area contributed by atoms with Crippen LogP contribution in [0, 0.1) is 68.5 Å². The molecule has 0 bridgehead atoms. The molecule has 0 aliphatic rings. The Morgan fingerprint density at radius 3 is 1.23 bits per heavy atom. The molecule has 0 heteroatoms. The molecule has 0 aliphatic carbocycles. The highest BCUT2D eigenvalue weighted by Crippen LogP contribution is 2.74. The maximum atomic E-state index is 3.09. The van der Waals surface area contributed by atoms with Crippen molar-refractivity contribution in [3.8, 4) is 0 Å². The predicted octanol–water partition coefficient (Wildman–Crippen LogP) is 23.9. The van der Waals surface area contributed by atoms with Crippen LogP contribution in [0.2, 0.25) is 0 Å². The summed E-state index contributed by atoms with van der Waals surface area (Å²) in [5.74, 6) is 5.25. The molecule has 0 aliphatic heterocycles. The molecular formula is C65H132. The zero-order valence-corrected chi connectivity index (χ0v) is 49.6. The van der Waals surface area contributed by atoms with Gasteiger partial charge in [0.2, 0.25) is 0 Å². The van der Waals surface area contributed by atoms with Gasteiger partial charge in [-0.05, 0) is 152 Å². The predicted molar refractivity (Wildman–Crippen MR) is 301 cm³/mol. The number of hydrogen-bond acceptors (Lipinski definition) is 0. The Morgan fingerprint density at radius 1 is 0.369 bits per heavy atom. The standard InChI is InChI=1S/C65H132/c1-20-31-35-37-47-63(43-27-8,46-36-32-21-2)53-64(55(14)15,52-62(42-26-7,44-33-22-3)45-34-23-4)65(49-56(16)28-9,50-58(18)39-25-6)61(19,51-59(29-10)30-11)60(41-40-54(12)13)48-57(17)38-24-5/h54-60H,20-53H2,1-19H3. The first-order valence-electron chi connectivity index (χ1n) is 30.9. The van der Waals surface area contributed by atoms with E-state index in [9.17, 15) is 0 Å². The van der Waals surface area contributed by atoms with Gasteiger partial charge in [-0.2, -0.15) is 0 Å². The number of unbranched alkanes of at least 4 members (excludes halogenated alkanes) is 7. The second-order valence-corrected chi connectivity index (χ2v) is 25.6. The highest BCUT2D eigenvalue weighted by molar-refractivity contribution is 5.14. The SMILES string of the molecule is CCCCCCC(CCC)(CCCCC)CC(CC(CCC)(CCCC)CCCC)(C(C)C)C(CC(C)CC)(CC(C)CCC)C(C)(CC(CC)CC)C(CCC(C)C)CC(C)CCC. The molecule has 8 unspecified atom stereocenters. The van der Waals surface area contributed by atoms with Crippen molar-refractivity contribution in [3.05, 3.63) is 0 Å². The van der Waals surface area contributed by atoms with E-state index in [0.717, 1.165) is 35.5 Å². The normalized spacial score (nSPS) is 18.4. The van der Waals surface area contributed by atoms with Crippen LogP contribution in [0.25, 0.3) is 0 Å². The van der Waals surface area contributed by atoms with E-state index in [2.05, 4.69) is 132 Å². The van der Waals surface area contributed by atoms with Gasteiger partial charge in [0, 0.05) is 0 Å². The summed E-state index contributed by atoms with van der Waals surface area (Å²) in [4.78, 5) is 0. The maximum absolute atomic E-state index is 3.09. The highest BCUT2D eigenvalue weighted by atomic mass is 14.7. The molecule has 0 heterocycles. The Balaban J connectivity index is 9.93. The Kier molecular flexibility index (Phi) is 35.2. The maximum Gasteiger partial charge on any atom is -0.0176 e. The minimum atomic E-state index is 0.249. The number of hydrogen-bond donors (Lipinski definition) is 0. The summed E-state index contributed by atoms with van der Waals surface area (Å²) in [7, 11) is 0. The van der Waals surface area contributed by atoms with Crippen LogP contribution in [0.4, 0.5) is 0 Å². The second-order valence-electron chi connectivity index (χ2n) is 25.6. The number of rotatable bonds is 45. The molecule has 0 rings (SSSR count). The van der Waals surface area contributed by atoms with Crippen molar-refractivity contribution < 1.29 is 0 Å². The van der Waals surface area contributed by atoms with E-state index in [1.54, 1.807) is 0 Å². The molecule has 65 heavy (non-hydrogen) atoms. The van der Waals surface area contributed by atoms with Crippen LogP contribution in [0.1, 0.15) is 350 Å². The first-order valence-corrected chi connectivity index (χ1v) is 30.9. The van der Waals surface area contributed by atoms with Crippen LogP contribution in [-0.4, -0.2) is 0 Å². The van der Waals surface area contributed by atoms with Crippen LogP contribution in [0.5, 0.6) is 0 Å². The van der Waals surface area contributed by atoms with Gasteiger partial charge in [0.1, 0.15) is 0 Å². The van der Waals surface area contributed by atoms with Gasteiger partial charge in [0.25, 0.3) is 0 Å². The Labute approximate surface area is 416 Å². The molecule has 0 radical (unpaired) electrons. The third-order valence-corrected chi connectivity index (χ3v) is 19.3. The molecule has 0 saturated carbocycles. The van der Waals surface area contributed by atoms with Crippen molar-refractivity contribution in [2.75, 3.05) is 0 Å². The van der Waals surface area contributed by atoms with Gasteiger partial charge in [-0.1, -0.05) is 266 Å². The molecule has 0 spiro atoms. The van der Waals surface area contributed by atoms with Gasteiger partial charge in [-0.15, -0.1) is 0 Å². The first-order chi connectivity index (χ1) is 30.9. The smallest absolute Gasteiger partial charge is 0.0176 e. The first kappa shape index (κ1) is 65.0. The van der Waals surface area contributed by atoms with Crippen LogP contribution < -0.4 is 0 Å². The van der Waals surface area contributed by atoms with Crippen molar-refractivity contribution in [3.63, 3.8) is 0 Å². The Hall–Kier alpha value is 0. The van der Waals surface area contributed by atoms with Crippen molar-refractivity contribution in [2.24, 2.45) is 68.5 Å². The van der Waals surface area contributed by atoms with Gasteiger partial charge in [-0.25, -0.2) is 0 Å². The van der Waals surface area contributed by atoms with E-state index < -0.39 is 0 Å². The van der Waals surface area contributed by atoms with E-state index in [4.69, 9.17) is 0 Å². The molecule has 8 atom stereocenters. The minimum absolute atomic E-state index is 0.249. The van der Waals surface area contributed by atoms with Crippen LogP contribution in [0.15, 0.2) is 0 Å². The van der Waals surface area contributed by atoms with E-state index in [1.807, 2.05) is 0 Å². The third-order valence-electron chi connectivity index (χ3n) is 19.3. The molecule has 0 N–H and O–H groups in total. The largest absolute Gasteiger partial charge is 0.0654 e. The molecule has 0 fully saturated rings. The fourth-order valence-corrected chi connectivity index (χ4v) is 15.5. The van der Waals surface area contributed by atoms with E-state index in [-0.39, 0.29) is 16.2 Å². The summed E-state index contributed by atoms with van der Waals surface area (Å²) in [5, 5.41) is 0. The fourth-order valence-electron chi connectivity index (χ4n) is 15.5. The van der Waals surface area contributed by atoms with Crippen molar-refractivity contribution >= 4 is 0 Å². The second kappa shape index (κ2) is 35.2. The minimum Gasteiger partial charge on any atom is -0.0654 e. The topological polar surface area (TPSA) is 0 Å². The summed E-state index contributed by atoms with van der Waals surface area (Å²) in [6.45, 7) is 50.0. The van der Waals surface area contributed by atoms with Crippen LogP contribution in [-0.2, 0) is 0 Å². The van der Waals surface area contributed by atoms with Gasteiger partial charge in [0.15, 0.2) is 0 Å². The quantitative estimate of drug-likeness (QED) is 0.0534. The fraction of sp³-hybridized carbons (Fsp3) is 1.00. The zero-order chi connectivity index (χ0) is 49.6. The van der Waals surface area contributed by atoms with Crippen molar-refractivity contribution in [1.82, 2.24) is 0 Å². The van der Waals surface area contributed by atoms with E-state index in [1.165, 1.54) is 218 Å². The van der Waals surface area contributed by atoms with Gasteiger partial charge >= 0.3 is 0 Å². The molecule has 0 aromatic heterocycles. The lowest BCUT2D eigenvalue weighted by Gasteiger charge is -2.69. The summed E-state index contributed by atoms with van der Waals surface area (Å²) < 4.78 is 0. The molecule has 0 saturated heterocycles. The van der Waals surface area contributed by atoms with Gasteiger partial charge < -0.3 is 0 Å². The zero-order valence-electron chi connectivity index (χ0n) is 49.6. The lowest BCUT2D eigenvalue weighted by Crippen LogP contribution is -2.62. The molecule has 0 aromatic carbocycles. The molecule has 0 nitrogen and oxygen atoms in total. The van der Waals surface area contributed by atoms with E-state index >= 15 is 0 Å². The van der Waals surface area contributed by atoms with E-state index in [0.29, 0.717) is 16.7 Å². The third kappa shape index (κ3) is 20.7. The summed E-state index contributed by atoms with van der Waals surface area (Å²) in [6, 6.07) is 0.